The minimum Gasteiger partial charge on any atom is -0.497 e. The molecule has 0 aliphatic carbocycles. The zero-order valence-electron chi connectivity index (χ0n) is 12.9. The van der Waals surface area contributed by atoms with Crippen molar-refractivity contribution in [3.63, 3.8) is 0 Å². The van der Waals surface area contributed by atoms with E-state index in [1.807, 2.05) is 38.1 Å². The van der Waals surface area contributed by atoms with E-state index in [4.69, 9.17) is 9.26 Å². The van der Waals surface area contributed by atoms with Crippen molar-refractivity contribution >= 4 is 0 Å². The fourth-order valence-electron chi connectivity index (χ4n) is 2.49. The molecule has 2 atom stereocenters. The van der Waals surface area contributed by atoms with E-state index in [0.717, 1.165) is 11.3 Å². The fourth-order valence-corrected chi connectivity index (χ4v) is 2.49. The van der Waals surface area contributed by atoms with E-state index in [1.54, 1.807) is 14.0 Å². The molecule has 0 fully saturated rings. The maximum absolute atomic E-state index is 9.86. The molecule has 5 heteroatoms. The molecule has 0 radical (unpaired) electrons. The van der Waals surface area contributed by atoms with Gasteiger partial charge in [-0.2, -0.15) is 4.98 Å². The third kappa shape index (κ3) is 3.82. The number of ether oxygens (including phenoxy) is 1. The maximum Gasteiger partial charge on any atom is 0.232 e. The Balaban J connectivity index is 2.15. The van der Waals surface area contributed by atoms with E-state index < -0.39 is 6.10 Å². The van der Waals surface area contributed by atoms with Gasteiger partial charge >= 0.3 is 0 Å². The van der Waals surface area contributed by atoms with Crippen LogP contribution in [0.1, 0.15) is 44.0 Å². The highest BCUT2D eigenvalue weighted by molar-refractivity contribution is 5.30. The summed E-state index contributed by atoms with van der Waals surface area (Å²) in [6.45, 7) is 5.81. The van der Waals surface area contributed by atoms with Gasteiger partial charge in [0.15, 0.2) is 5.82 Å². The Hall–Kier alpha value is -1.88. The van der Waals surface area contributed by atoms with Crippen LogP contribution >= 0.6 is 0 Å². The van der Waals surface area contributed by atoms with Gasteiger partial charge in [-0.15, -0.1) is 0 Å². The summed E-state index contributed by atoms with van der Waals surface area (Å²) in [6.07, 6.45) is 0.0563. The van der Waals surface area contributed by atoms with Crippen LogP contribution in [0.15, 0.2) is 28.8 Å². The van der Waals surface area contributed by atoms with Crippen LogP contribution in [0.4, 0.5) is 0 Å². The second-order valence-corrected chi connectivity index (χ2v) is 5.59. The minimum absolute atomic E-state index is 0.142. The zero-order valence-corrected chi connectivity index (χ0v) is 12.9. The van der Waals surface area contributed by atoms with Gasteiger partial charge in [-0.05, 0) is 30.5 Å². The topological polar surface area (TPSA) is 68.4 Å². The van der Waals surface area contributed by atoms with E-state index in [2.05, 4.69) is 10.1 Å². The lowest BCUT2D eigenvalue weighted by Gasteiger charge is -2.19. The van der Waals surface area contributed by atoms with Crippen molar-refractivity contribution in [2.75, 3.05) is 7.11 Å². The van der Waals surface area contributed by atoms with Crippen LogP contribution in [0, 0.1) is 5.92 Å². The van der Waals surface area contributed by atoms with Crippen molar-refractivity contribution in [3.8, 4) is 5.75 Å². The van der Waals surface area contributed by atoms with E-state index in [1.165, 1.54) is 0 Å². The summed E-state index contributed by atoms with van der Waals surface area (Å²) in [5.74, 6) is 2.01. The summed E-state index contributed by atoms with van der Waals surface area (Å²) in [7, 11) is 1.64. The van der Waals surface area contributed by atoms with Crippen molar-refractivity contribution in [2.45, 2.75) is 39.2 Å². The maximum atomic E-state index is 9.86. The van der Waals surface area contributed by atoms with Gasteiger partial charge in [0, 0.05) is 6.42 Å². The Kier molecular flexibility index (Phi) is 4.96. The summed E-state index contributed by atoms with van der Waals surface area (Å²) in [5.41, 5.74) is 1.06. The molecule has 2 unspecified atom stereocenters. The number of methoxy groups -OCH3 is 1. The summed E-state index contributed by atoms with van der Waals surface area (Å²) in [4.78, 5) is 4.43. The molecule has 2 aromatic rings. The number of rotatable bonds is 6. The highest BCUT2D eigenvalue weighted by Crippen LogP contribution is 2.27. The van der Waals surface area contributed by atoms with Gasteiger partial charge in [-0.25, -0.2) is 0 Å². The molecule has 21 heavy (non-hydrogen) atoms. The van der Waals surface area contributed by atoms with Crippen LogP contribution in [-0.2, 0) is 6.42 Å². The molecule has 5 nitrogen and oxygen atoms in total. The first-order valence-corrected chi connectivity index (χ1v) is 7.14. The third-order valence-corrected chi connectivity index (χ3v) is 3.50. The predicted molar refractivity (Wildman–Crippen MR) is 79.4 cm³/mol. The van der Waals surface area contributed by atoms with Crippen molar-refractivity contribution < 1.29 is 14.4 Å². The van der Waals surface area contributed by atoms with E-state index >= 15 is 0 Å². The largest absolute Gasteiger partial charge is 0.497 e. The molecule has 0 saturated heterocycles. The Bertz CT molecular complexity index is 570. The molecule has 1 aromatic heterocycles. The molecule has 1 aromatic carbocycles. The average Bonchev–Trinajstić information content (AvgIpc) is 2.86. The Morgan fingerprint density at radius 3 is 2.67 bits per heavy atom. The lowest BCUT2D eigenvalue weighted by atomic mass is 9.91. The monoisotopic (exact) mass is 290 g/mol. The van der Waals surface area contributed by atoms with Gasteiger partial charge in [-0.3, -0.25) is 0 Å². The molecule has 1 N–H and O–H groups in total. The van der Waals surface area contributed by atoms with Gasteiger partial charge < -0.3 is 14.4 Å². The molecule has 0 aliphatic heterocycles. The molecular weight excluding hydrogens is 268 g/mol. The highest BCUT2D eigenvalue weighted by atomic mass is 16.5. The molecule has 0 aliphatic rings. The summed E-state index contributed by atoms with van der Waals surface area (Å²) < 4.78 is 10.5. The van der Waals surface area contributed by atoms with Crippen molar-refractivity contribution in [1.29, 1.82) is 0 Å². The highest BCUT2D eigenvalue weighted by Gasteiger charge is 2.27. The number of aliphatic hydroxyl groups excluding tert-OH is 1. The van der Waals surface area contributed by atoms with E-state index in [-0.39, 0.29) is 11.8 Å². The zero-order chi connectivity index (χ0) is 15.4. The molecule has 2 rings (SSSR count). The van der Waals surface area contributed by atoms with Gasteiger partial charge in [-0.1, -0.05) is 31.1 Å². The minimum atomic E-state index is -0.518. The number of aromatic nitrogens is 2. The molecule has 0 spiro atoms. The van der Waals surface area contributed by atoms with Gasteiger partial charge in [0.2, 0.25) is 5.89 Å². The fraction of sp³-hybridized carbons (Fsp3) is 0.500. The van der Waals surface area contributed by atoms with Crippen molar-refractivity contribution in [1.82, 2.24) is 10.1 Å². The Morgan fingerprint density at radius 2 is 2.05 bits per heavy atom. The third-order valence-electron chi connectivity index (χ3n) is 3.50. The van der Waals surface area contributed by atoms with Crippen LogP contribution in [0.2, 0.25) is 0 Å². The standard InChI is InChI=1S/C16H22N2O3/c1-10(2)15(11(3)19)16-17-14(18-21-16)9-12-6-5-7-13(8-12)20-4/h5-8,10-11,15,19H,9H2,1-4H3. The van der Waals surface area contributed by atoms with Crippen LogP contribution in [-0.4, -0.2) is 28.5 Å². The average molecular weight is 290 g/mol. The second kappa shape index (κ2) is 6.72. The van der Waals surface area contributed by atoms with Crippen LogP contribution in [0.25, 0.3) is 0 Å². The molecule has 114 valence electrons. The van der Waals surface area contributed by atoms with Crippen LogP contribution in [0.5, 0.6) is 5.75 Å². The first kappa shape index (κ1) is 15.5. The first-order chi connectivity index (χ1) is 10.0. The van der Waals surface area contributed by atoms with Gasteiger partial charge in [0.05, 0.1) is 19.1 Å². The summed E-state index contributed by atoms with van der Waals surface area (Å²) in [5, 5.41) is 13.9. The first-order valence-electron chi connectivity index (χ1n) is 7.14. The number of aliphatic hydroxyl groups is 1. The van der Waals surface area contributed by atoms with Crippen molar-refractivity contribution in [2.24, 2.45) is 5.92 Å². The number of hydrogen-bond donors (Lipinski definition) is 1. The molecule has 0 saturated carbocycles. The normalized spacial score (nSPS) is 14.2. The SMILES string of the molecule is COc1cccc(Cc2noc(C(C(C)C)C(C)O)n2)c1. The van der Waals surface area contributed by atoms with Crippen molar-refractivity contribution in [3.05, 3.63) is 41.5 Å². The van der Waals surface area contributed by atoms with E-state index in [0.29, 0.717) is 18.1 Å². The number of benzene rings is 1. The summed E-state index contributed by atoms with van der Waals surface area (Å²) in [6, 6.07) is 7.77. The smallest absolute Gasteiger partial charge is 0.232 e. The number of nitrogens with zero attached hydrogens (tertiary/aromatic N) is 2. The molecule has 0 bridgehead atoms. The molecule has 1 heterocycles. The molecular formula is C16H22N2O3. The Labute approximate surface area is 125 Å². The number of hydrogen-bond acceptors (Lipinski definition) is 5. The quantitative estimate of drug-likeness (QED) is 0.886. The second-order valence-electron chi connectivity index (χ2n) is 5.59. The summed E-state index contributed by atoms with van der Waals surface area (Å²) >= 11 is 0. The predicted octanol–water partition coefficient (Wildman–Crippen LogP) is 2.79. The van der Waals surface area contributed by atoms with Gasteiger partial charge in [0.25, 0.3) is 0 Å². The van der Waals surface area contributed by atoms with Crippen LogP contribution < -0.4 is 4.74 Å². The van der Waals surface area contributed by atoms with Crippen LogP contribution in [0.3, 0.4) is 0 Å². The molecule has 0 amide bonds. The Morgan fingerprint density at radius 1 is 1.29 bits per heavy atom. The van der Waals surface area contributed by atoms with Gasteiger partial charge in [0.1, 0.15) is 5.75 Å². The lowest BCUT2D eigenvalue weighted by Crippen LogP contribution is -2.20. The van der Waals surface area contributed by atoms with E-state index in [9.17, 15) is 5.11 Å². The lowest BCUT2D eigenvalue weighted by molar-refractivity contribution is 0.120.